The zero-order valence-electron chi connectivity index (χ0n) is 10.3. The SMILES string of the molecule is CCCc1cc(NC(=O)C(N)CCC(=O)O)n[nH]1. The fourth-order valence-electron chi connectivity index (χ4n) is 1.45. The molecule has 1 rings (SSSR count). The molecule has 1 unspecified atom stereocenters. The Balaban J connectivity index is 2.44. The summed E-state index contributed by atoms with van der Waals surface area (Å²) in [4.78, 5) is 22.0. The van der Waals surface area contributed by atoms with Gasteiger partial charge in [0, 0.05) is 18.2 Å². The van der Waals surface area contributed by atoms with Crippen molar-refractivity contribution in [3.63, 3.8) is 0 Å². The number of nitrogens with zero attached hydrogens (tertiary/aromatic N) is 1. The van der Waals surface area contributed by atoms with E-state index in [0.717, 1.165) is 18.5 Å². The lowest BCUT2D eigenvalue weighted by molar-refractivity contribution is -0.137. The van der Waals surface area contributed by atoms with Crippen molar-refractivity contribution in [3.8, 4) is 0 Å². The third-order valence-electron chi connectivity index (χ3n) is 2.41. The molecule has 0 saturated carbocycles. The number of aliphatic carboxylic acids is 1. The molecule has 0 aliphatic carbocycles. The van der Waals surface area contributed by atoms with E-state index < -0.39 is 17.9 Å². The number of carboxylic acids is 1. The molecule has 7 heteroatoms. The van der Waals surface area contributed by atoms with Crippen LogP contribution in [0, 0.1) is 0 Å². The quantitative estimate of drug-likeness (QED) is 0.564. The Labute approximate surface area is 105 Å². The number of nitrogens with one attached hydrogen (secondary N) is 2. The van der Waals surface area contributed by atoms with Crippen molar-refractivity contribution in [1.82, 2.24) is 10.2 Å². The number of aromatic amines is 1. The van der Waals surface area contributed by atoms with Crippen molar-refractivity contribution < 1.29 is 14.7 Å². The molecule has 7 nitrogen and oxygen atoms in total. The molecular formula is C11H18N4O3. The van der Waals surface area contributed by atoms with E-state index in [1.807, 2.05) is 6.92 Å². The maximum absolute atomic E-state index is 11.6. The number of carbonyl (C=O) groups excluding carboxylic acids is 1. The van der Waals surface area contributed by atoms with Gasteiger partial charge in [-0.2, -0.15) is 5.10 Å². The molecule has 5 N–H and O–H groups in total. The van der Waals surface area contributed by atoms with Crippen LogP contribution in [-0.4, -0.2) is 33.2 Å². The Bertz CT molecular complexity index is 416. The summed E-state index contributed by atoms with van der Waals surface area (Å²) in [5.41, 5.74) is 6.50. The van der Waals surface area contributed by atoms with E-state index in [1.54, 1.807) is 6.07 Å². The highest BCUT2D eigenvalue weighted by molar-refractivity contribution is 5.94. The maximum atomic E-state index is 11.6. The summed E-state index contributed by atoms with van der Waals surface area (Å²) >= 11 is 0. The molecule has 0 spiro atoms. The van der Waals surface area contributed by atoms with E-state index in [9.17, 15) is 9.59 Å². The van der Waals surface area contributed by atoms with Crippen molar-refractivity contribution in [3.05, 3.63) is 11.8 Å². The molecule has 100 valence electrons. The molecule has 0 bridgehead atoms. The number of H-pyrrole nitrogens is 1. The van der Waals surface area contributed by atoms with Crippen molar-refractivity contribution in [1.29, 1.82) is 0 Å². The molecule has 0 aromatic carbocycles. The normalized spacial score (nSPS) is 12.1. The molecule has 1 atom stereocenters. The van der Waals surface area contributed by atoms with Gasteiger partial charge in [0.05, 0.1) is 6.04 Å². The second-order valence-corrected chi connectivity index (χ2v) is 4.06. The van der Waals surface area contributed by atoms with Crippen LogP contribution in [0.1, 0.15) is 31.9 Å². The van der Waals surface area contributed by atoms with Gasteiger partial charge in [-0.15, -0.1) is 0 Å². The molecule has 18 heavy (non-hydrogen) atoms. The van der Waals surface area contributed by atoms with Gasteiger partial charge in [-0.05, 0) is 12.8 Å². The summed E-state index contributed by atoms with van der Waals surface area (Å²) < 4.78 is 0. The van der Waals surface area contributed by atoms with E-state index >= 15 is 0 Å². The summed E-state index contributed by atoms with van der Waals surface area (Å²) in [5.74, 6) is -0.983. The Morgan fingerprint density at radius 2 is 2.33 bits per heavy atom. The van der Waals surface area contributed by atoms with Crippen LogP contribution in [-0.2, 0) is 16.0 Å². The third kappa shape index (κ3) is 4.54. The first-order chi connectivity index (χ1) is 8.52. The minimum Gasteiger partial charge on any atom is -0.481 e. The first-order valence-corrected chi connectivity index (χ1v) is 5.85. The number of nitrogens with two attached hydrogens (primary N) is 1. The van der Waals surface area contributed by atoms with Crippen molar-refractivity contribution in [2.24, 2.45) is 5.73 Å². The smallest absolute Gasteiger partial charge is 0.303 e. The minimum absolute atomic E-state index is 0.105. The van der Waals surface area contributed by atoms with Gasteiger partial charge in [0.2, 0.25) is 5.91 Å². The highest BCUT2D eigenvalue weighted by atomic mass is 16.4. The van der Waals surface area contributed by atoms with Crippen LogP contribution >= 0.6 is 0 Å². The van der Waals surface area contributed by atoms with Crippen LogP contribution in [0.3, 0.4) is 0 Å². The summed E-state index contributed by atoms with van der Waals surface area (Å²) in [5, 5.41) is 17.8. The maximum Gasteiger partial charge on any atom is 0.303 e. The van der Waals surface area contributed by atoms with E-state index in [2.05, 4.69) is 15.5 Å². The number of carboxylic acid groups (broad SMARTS) is 1. The monoisotopic (exact) mass is 254 g/mol. The van der Waals surface area contributed by atoms with Gasteiger partial charge < -0.3 is 16.2 Å². The topological polar surface area (TPSA) is 121 Å². The molecule has 0 aliphatic heterocycles. The molecule has 0 radical (unpaired) electrons. The second-order valence-electron chi connectivity index (χ2n) is 4.06. The summed E-state index contributed by atoms with van der Waals surface area (Å²) in [6.45, 7) is 2.04. The Hall–Kier alpha value is -1.89. The predicted molar refractivity (Wildman–Crippen MR) is 66.1 cm³/mol. The highest BCUT2D eigenvalue weighted by Crippen LogP contribution is 2.08. The molecule has 1 aromatic rings. The lowest BCUT2D eigenvalue weighted by atomic mass is 10.1. The van der Waals surface area contributed by atoms with Gasteiger partial charge in [-0.3, -0.25) is 14.7 Å². The van der Waals surface area contributed by atoms with Crippen LogP contribution < -0.4 is 11.1 Å². The van der Waals surface area contributed by atoms with Crippen LogP contribution in [0.5, 0.6) is 0 Å². The third-order valence-corrected chi connectivity index (χ3v) is 2.41. The lowest BCUT2D eigenvalue weighted by Crippen LogP contribution is -2.36. The zero-order valence-corrected chi connectivity index (χ0v) is 10.3. The molecule has 0 fully saturated rings. The number of anilines is 1. The number of aryl methyl sites for hydroxylation is 1. The van der Waals surface area contributed by atoms with Crippen LogP contribution in [0.15, 0.2) is 6.07 Å². The molecule has 1 amide bonds. The average Bonchev–Trinajstić information content (AvgIpc) is 2.73. The first-order valence-electron chi connectivity index (χ1n) is 5.85. The van der Waals surface area contributed by atoms with Gasteiger partial charge >= 0.3 is 5.97 Å². The molecule has 1 aromatic heterocycles. The average molecular weight is 254 g/mol. The van der Waals surface area contributed by atoms with Crippen molar-refractivity contribution >= 4 is 17.7 Å². The number of hydrogen-bond acceptors (Lipinski definition) is 4. The first kappa shape index (κ1) is 14.2. The lowest BCUT2D eigenvalue weighted by Gasteiger charge is -2.08. The zero-order chi connectivity index (χ0) is 13.5. The van der Waals surface area contributed by atoms with Gasteiger partial charge in [-0.1, -0.05) is 13.3 Å². The molecule has 0 aliphatic rings. The summed E-state index contributed by atoms with van der Waals surface area (Å²) in [7, 11) is 0. The number of carbonyl (C=O) groups is 2. The van der Waals surface area contributed by atoms with Gasteiger partial charge in [0.1, 0.15) is 0 Å². The van der Waals surface area contributed by atoms with Crippen LogP contribution in [0.4, 0.5) is 5.82 Å². The van der Waals surface area contributed by atoms with E-state index in [-0.39, 0.29) is 12.8 Å². The number of aromatic nitrogens is 2. The number of hydrogen-bond donors (Lipinski definition) is 4. The van der Waals surface area contributed by atoms with Gasteiger partial charge in [-0.25, -0.2) is 0 Å². The molecule has 1 heterocycles. The number of rotatable bonds is 7. The predicted octanol–water partition coefficient (Wildman–Crippen LogP) is 0.493. The Morgan fingerprint density at radius 1 is 1.61 bits per heavy atom. The van der Waals surface area contributed by atoms with Crippen molar-refractivity contribution in [2.45, 2.75) is 38.6 Å². The minimum atomic E-state index is -0.969. The van der Waals surface area contributed by atoms with Crippen molar-refractivity contribution in [2.75, 3.05) is 5.32 Å². The Morgan fingerprint density at radius 3 is 2.94 bits per heavy atom. The standard InChI is InChI=1S/C11H18N4O3/c1-2-3-7-6-9(15-14-7)13-11(18)8(12)4-5-10(16)17/h6,8H,2-5,12H2,1H3,(H,16,17)(H2,13,14,15,18). The largest absolute Gasteiger partial charge is 0.481 e. The summed E-state index contributed by atoms with van der Waals surface area (Å²) in [6, 6.07) is 0.901. The Kier molecular flexibility index (Phi) is 5.31. The highest BCUT2D eigenvalue weighted by Gasteiger charge is 2.16. The fraction of sp³-hybridized carbons (Fsp3) is 0.545. The second kappa shape index (κ2) is 6.75. The molecule has 0 saturated heterocycles. The summed E-state index contributed by atoms with van der Waals surface area (Å²) in [6.07, 6.45) is 1.81. The van der Waals surface area contributed by atoms with Crippen LogP contribution in [0.2, 0.25) is 0 Å². The van der Waals surface area contributed by atoms with Gasteiger partial charge in [0.25, 0.3) is 0 Å². The molecular weight excluding hydrogens is 236 g/mol. The number of amides is 1. The van der Waals surface area contributed by atoms with Gasteiger partial charge in [0.15, 0.2) is 5.82 Å². The van der Waals surface area contributed by atoms with Crippen LogP contribution in [0.25, 0.3) is 0 Å². The van der Waals surface area contributed by atoms with E-state index in [0.29, 0.717) is 5.82 Å². The van der Waals surface area contributed by atoms with E-state index in [1.165, 1.54) is 0 Å². The van der Waals surface area contributed by atoms with E-state index in [4.69, 9.17) is 10.8 Å². The fourth-order valence-corrected chi connectivity index (χ4v) is 1.45.